The number of amides is 1. The van der Waals surface area contributed by atoms with Gasteiger partial charge in [0.1, 0.15) is 5.92 Å². The van der Waals surface area contributed by atoms with Crippen molar-refractivity contribution < 1.29 is 14.7 Å². The lowest BCUT2D eigenvalue weighted by Gasteiger charge is -2.42. The first kappa shape index (κ1) is 18.2. The SMILES string of the molecule is CC(C)(C)[C@H]1[C@H](C(=O)O)c2ccccc2CC(=O)N1Cc1ccccc1. The van der Waals surface area contributed by atoms with Gasteiger partial charge in [0.25, 0.3) is 0 Å². The molecule has 0 radical (unpaired) electrons. The van der Waals surface area contributed by atoms with Crippen molar-refractivity contribution in [2.24, 2.45) is 5.41 Å². The molecule has 0 unspecified atom stereocenters. The van der Waals surface area contributed by atoms with Crippen molar-refractivity contribution in [1.29, 1.82) is 0 Å². The summed E-state index contributed by atoms with van der Waals surface area (Å²) in [7, 11) is 0. The van der Waals surface area contributed by atoms with Gasteiger partial charge >= 0.3 is 5.97 Å². The first-order chi connectivity index (χ1) is 12.3. The molecule has 2 aromatic rings. The van der Waals surface area contributed by atoms with Crippen LogP contribution in [0.4, 0.5) is 0 Å². The number of fused-ring (bicyclic) bond motifs is 1. The van der Waals surface area contributed by atoms with Crippen molar-refractivity contribution in [1.82, 2.24) is 4.90 Å². The third-order valence-electron chi connectivity index (χ3n) is 5.05. The molecule has 1 N–H and O–H groups in total. The van der Waals surface area contributed by atoms with Gasteiger partial charge in [-0.25, -0.2) is 0 Å². The van der Waals surface area contributed by atoms with E-state index in [9.17, 15) is 14.7 Å². The number of rotatable bonds is 3. The van der Waals surface area contributed by atoms with Crippen LogP contribution in [-0.2, 0) is 22.6 Å². The highest BCUT2D eigenvalue weighted by atomic mass is 16.4. The molecule has 0 saturated heterocycles. The zero-order chi connectivity index (χ0) is 18.9. The van der Waals surface area contributed by atoms with Crippen LogP contribution in [0.1, 0.15) is 43.4 Å². The first-order valence-corrected chi connectivity index (χ1v) is 8.93. The summed E-state index contributed by atoms with van der Waals surface area (Å²) in [6, 6.07) is 16.8. The molecule has 0 bridgehead atoms. The average molecular weight is 351 g/mol. The van der Waals surface area contributed by atoms with Gasteiger partial charge in [-0.2, -0.15) is 0 Å². The number of hydrogen-bond acceptors (Lipinski definition) is 2. The molecule has 0 saturated carbocycles. The number of benzene rings is 2. The molecule has 26 heavy (non-hydrogen) atoms. The summed E-state index contributed by atoms with van der Waals surface area (Å²) in [6.07, 6.45) is 0.235. The summed E-state index contributed by atoms with van der Waals surface area (Å²) >= 11 is 0. The van der Waals surface area contributed by atoms with Crippen molar-refractivity contribution in [3.63, 3.8) is 0 Å². The van der Waals surface area contributed by atoms with Crippen molar-refractivity contribution in [3.8, 4) is 0 Å². The standard InChI is InChI=1S/C22H25NO3/c1-22(2,3)20-19(21(25)26)17-12-8-7-11-16(17)13-18(24)23(20)14-15-9-5-4-6-10-15/h4-12,19-20H,13-14H2,1-3H3,(H,25,26)/t19-,20-/m1/s1. The number of carbonyl (C=O) groups excluding carboxylic acids is 1. The van der Waals surface area contributed by atoms with Gasteiger partial charge < -0.3 is 10.0 Å². The minimum Gasteiger partial charge on any atom is -0.481 e. The summed E-state index contributed by atoms with van der Waals surface area (Å²) in [5.74, 6) is -1.66. The van der Waals surface area contributed by atoms with Crippen LogP contribution in [0.25, 0.3) is 0 Å². The van der Waals surface area contributed by atoms with E-state index >= 15 is 0 Å². The van der Waals surface area contributed by atoms with Crippen molar-refractivity contribution in [2.75, 3.05) is 0 Å². The summed E-state index contributed by atoms with van der Waals surface area (Å²) in [5, 5.41) is 10.1. The van der Waals surface area contributed by atoms with Crippen LogP contribution >= 0.6 is 0 Å². The van der Waals surface area contributed by atoms with E-state index in [0.717, 1.165) is 16.7 Å². The Morgan fingerprint density at radius 3 is 2.31 bits per heavy atom. The molecule has 0 fully saturated rings. The summed E-state index contributed by atoms with van der Waals surface area (Å²) in [4.78, 5) is 27.2. The van der Waals surface area contributed by atoms with E-state index in [-0.39, 0.29) is 17.7 Å². The number of nitrogens with zero attached hydrogens (tertiary/aromatic N) is 1. The van der Waals surface area contributed by atoms with Gasteiger partial charge in [0.05, 0.1) is 12.5 Å². The average Bonchev–Trinajstić information content (AvgIpc) is 2.70. The van der Waals surface area contributed by atoms with Gasteiger partial charge in [-0.15, -0.1) is 0 Å². The van der Waals surface area contributed by atoms with Crippen molar-refractivity contribution in [3.05, 3.63) is 71.3 Å². The molecule has 3 rings (SSSR count). The second-order valence-electron chi connectivity index (χ2n) is 8.01. The fraction of sp³-hybridized carbons (Fsp3) is 0.364. The Bertz CT molecular complexity index is 808. The summed E-state index contributed by atoms with van der Waals surface area (Å²) in [6.45, 7) is 6.44. The Morgan fingerprint density at radius 1 is 1.08 bits per heavy atom. The van der Waals surface area contributed by atoms with Crippen LogP contribution < -0.4 is 0 Å². The molecule has 2 aromatic carbocycles. The monoisotopic (exact) mass is 351 g/mol. The van der Waals surface area contributed by atoms with E-state index in [2.05, 4.69) is 0 Å². The molecule has 2 atom stereocenters. The molecule has 1 amide bonds. The smallest absolute Gasteiger partial charge is 0.313 e. The third kappa shape index (κ3) is 3.50. The highest BCUT2D eigenvalue weighted by Crippen LogP contribution is 2.40. The van der Waals surface area contributed by atoms with Gasteiger partial charge in [-0.05, 0) is 22.1 Å². The highest BCUT2D eigenvalue weighted by molar-refractivity contribution is 5.86. The van der Waals surface area contributed by atoms with Crippen LogP contribution in [-0.4, -0.2) is 27.9 Å². The van der Waals surface area contributed by atoms with Crippen LogP contribution in [0, 0.1) is 5.41 Å². The molecule has 4 heteroatoms. The first-order valence-electron chi connectivity index (χ1n) is 8.93. The van der Waals surface area contributed by atoms with Crippen LogP contribution in [0.15, 0.2) is 54.6 Å². The molecule has 1 aliphatic heterocycles. The van der Waals surface area contributed by atoms with Gasteiger partial charge in [-0.1, -0.05) is 75.4 Å². The normalized spacial score (nSPS) is 20.4. The summed E-state index contributed by atoms with van der Waals surface area (Å²) in [5.41, 5.74) is 2.19. The molecule has 1 aliphatic rings. The Hall–Kier alpha value is -2.62. The molecular weight excluding hydrogens is 326 g/mol. The number of aliphatic carboxylic acids is 1. The number of carboxylic acid groups (broad SMARTS) is 1. The molecule has 136 valence electrons. The molecular formula is C22H25NO3. The van der Waals surface area contributed by atoms with E-state index in [0.29, 0.717) is 6.54 Å². The van der Waals surface area contributed by atoms with Gasteiger partial charge in [0.15, 0.2) is 0 Å². The minimum absolute atomic E-state index is 0.0232. The van der Waals surface area contributed by atoms with Gasteiger partial charge in [0.2, 0.25) is 5.91 Å². The number of hydrogen-bond donors (Lipinski definition) is 1. The van der Waals surface area contributed by atoms with E-state index in [1.54, 1.807) is 4.90 Å². The Balaban J connectivity index is 2.14. The molecule has 4 nitrogen and oxygen atoms in total. The lowest BCUT2D eigenvalue weighted by Crippen LogP contribution is -2.51. The third-order valence-corrected chi connectivity index (χ3v) is 5.05. The number of carboxylic acids is 1. The van der Waals surface area contributed by atoms with Crippen LogP contribution in [0.2, 0.25) is 0 Å². The van der Waals surface area contributed by atoms with Crippen molar-refractivity contribution in [2.45, 2.75) is 45.7 Å². The second-order valence-corrected chi connectivity index (χ2v) is 8.01. The largest absolute Gasteiger partial charge is 0.481 e. The van der Waals surface area contributed by atoms with Gasteiger partial charge in [-0.3, -0.25) is 9.59 Å². The summed E-state index contributed by atoms with van der Waals surface area (Å²) < 4.78 is 0. The van der Waals surface area contributed by atoms with Crippen LogP contribution in [0.5, 0.6) is 0 Å². The second kappa shape index (κ2) is 6.94. The highest BCUT2D eigenvalue weighted by Gasteiger charge is 2.46. The topological polar surface area (TPSA) is 57.6 Å². The zero-order valence-corrected chi connectivity index (χ0v) is 15.5. The molecule has 0 spiro atoms. The van der Waals surface area contributed by atoms with Gasteiger partial charge in [0, 0.05) is 6.54 Å². The van der Waals surface area contributed by atoms with E-state index in [1.165, 1.54) is 0 Å². The fourth-order valence-electron chi connectivity index (χ4n) is 3.97. The zero-order valence-electron chi connectivity index (χ0n) is 15.5. The van der Waals surface area contributed by atoms with E-state index in [4.69, 9.17) is 0 Å². The maximum Gasteiger partial charge on any atom is 0.313 e. The maximum atomic E-state index is 13.1. The maximum absolute atomic E-state index is 13.1. The van der Waals surface area contributed by atoms with Crippen LogP contribution in [0.3, 0.4) is 0 Å². The van der Waals surface area contributed by atoms with E-state index < -0.39 is 17.9 Å². The predicted molar refractivity (Wildman–Crippen MR) is 101 cm³/mol. The number of carbonyl (C=O) groups is 2. The Kier molecular flexibility index (Phi) is 4.86. The lowest BCUT2D eigenvalue weighted by atomic mass is 9.75. The Labute approximate surface area is 154 Å². The lowest BCUT2D eigenvalue weighted by molar-refractivity contribution is -0.145. The molecule has 1 heterocycles. The van der Waals surface area contributed by atoms with E-state index in [1.807, 2.05) is 75.4 Å². The quantitative estimate of drug-likeness (QED) is 0.914. The van der Waals surface area contributed by atoms with Crippen molar-refractivity contribution >= 4 is 11.9 Å². The Morgan fingerprint density at radius 2 is 1.69 bits per heavy atom. The molecule has 0 aromatic heterocycles. The molecule has 0 aliphatic carbocycles. The fourth-order valence-corrected chi connectivity index (χ4v) is 3.97. The predicted octanol–water partition coefficient (Wildman–Crippen LogP) is 3.85. The minimum atomic E-state index is -0.884.